The number of aryl methyl sites for hydroxylation is 2. The molecule has 2 aromatic heterocycles. The lowest BCUT2D eigenvalue weighted by atomic mass is 10.2. The van der Waals surface area contributed by atoms with Crippen LogP contribution in [0.25, 0.3) is 16.7 Å². The molecule has 0 spiro atoms. The van der Waals surface area contributed by atoms with E-state index in [9.17, 15) is 0 Å². The molecule has 1 aromatic carbocycles. The molecule has 92 valence electrons. The summed E-state index contributed by atoms with van der Waals surface area (Å²) >= 11 is 0. The number of nitrogens with zero attached hydrogens (tertiary/aromatic N) is 4. The molecule has 2 heterocycles. The number of nitrogens with two attached hydrogens (primary N) is 1. The van der Waals surface area contributed by atoms with Crippen molar-refractivity contribution in [3.8, 4) is 0 Å². The number of fused-ring (bicyclic) bond motifs is 3. The Morgan fingerprint density at radius 1 is 1.17 bits per heavy atom. The maximum absolute atomic E-state index is 6.01. The van der Waals surface area contributed by atoms with Crippen molar-refractivity contribution in [3.63, 3.8) is 0 Å². The fraction of sp³-hybridized carbons (Fsp3) is 0.308. The van der Waals surface area contributed by atoms with Crippen LogP contribution in [0.5, 0.6) is 0 Å². The van der Waals surface area contributed by atoms with Gasteiger partial charge in [-0.1, -0.05) is 19.9 Å². The summed E-state index contributed by atoms with van der Waals surface area (Å²) in [6.07, 6.45) is 1.65. The van der Waals surface area contributed by atoms with Crippen molar-refractivity contribution in [2.24, 2.45) is 0 Å². The first kappa shape index (κ1) is 11.0. The summed E-state index contributed by atoms with van der Waals surface area (Å²) in [6.45, 7) is 4.13. The van der Waals surface area contributed by atoms with Gasteiger partial charge in [0.15, 0.2) is 5.65 Å². The van der Waals surface area contributed by atoms with Crippen LogP contribution in [0.3, 0.4) is 0 Å². The lowest BCUT2D eigenvalue weighted by Crippen LogP contribution is -2.02. The van der Waals surface area contributed by atoms with E-state index in [1.807, 2.05) is 18.2 Å². The van der Waals surface area contributed by atoms with Crippen molar-refractivity contribution in [2.45, 2.75) is 26.7 Å². The number of rotatable bonds is 2. The van der Waals surface area contributed by atoms with E-state index in [4.69, 9.17) is 5.73 Å². The monoisotopic (exact) mass is 241 g/mol. The molecule has 0 saturated heterocycles. The molecule has 0 atom stereocenters. The molecule has 5 heteroatoms. The van der Waals surface area contributed by atoms with Crippen LogP contribution in [-0.2, 0) is 12.8 Å². The quantitative estimate of drug-likeness (QED) is 0.696. The van der Waals surface area contributed by atoms with Gasteiger partial charge in [0.25, 0.3) is 0 Å². The number of nitrogen functional groups attached to an aromatic ring is 1. The molecule has 0 saturated carbocycles. The molecule has 0 bridgehead atoms. The molecule has 0 radical (unpaired) electrons. The van der Waals surface area contributed by atoms with Gasteiger partial charge in [-0.15, -0.1) is 10.2 Å². The third-order valence-electron chi connectivity index (χ3n) is 3.17. The van der Waals surface area contributed by atoms with Crippen molar-refractivity contribution in [1.82, 2.24) is 19.6 Å². The smallest absolute Gasteiger partial charge is 0.183 e. The predicted octanol–water partition coefficient (Wildman–Crippen LogP) is 1.98. The zero-order valence-electron chi connectivity index (χ0n) is 10.5. The molecule has 0 aliphatic rings. The van der Waals surface area contributed by atoms with E-state index in [1.165, 1.54) is 0 Å². The zero-order chi connectivity index (χ0) is 12.7. The summed E-state index contributed by atoms with van der Waals surface area (Å²) in [6, 6.07) is 5.81. The summed E-state index contributed by atoms with van der Waals surface area (Å²) in [5.41, 5.74) is 10.3. The van der Waals surface area contributed by atoms with E-state index in [-0.39, 0.29) is 0 Å². The number of anilines is 1. The Bertz CT molecular complexity index is 729. The van der Waals surface area contributed by atoms with Gasteiger partial charge in [-0.25, -0.2) is 4.98 Å². The van der Waals surface area contributed by atoms with Gasteiger partial charge in [0.2, 0.25) is 0 Å². The van der Waals surface area contributed by atoms with Gasteiger partial charge in [0.05, 0.1) is 16.9 Å². The first-order valence-corrected chi connectivity index (χ1v) is 6.17. The van der Waals surface area contributed by atoms with Crippen LogP contribution in [0.1, 0.15) is 25.4 Å². The van der Waals surface area contributed by atoms with Crippen LogP contribution < -0.4 is 5.73 Å². The fourth-order valence-corrected chi connectivity index (χ4v) is 2.26. The SMILES string of the molecule is CCc1nc2c(N)cccc2n2c(CC)nnc12. The van der Waals surface area contributed by atoms with Gasteiger partial charge < -0.3 is 5.73 Å². The van der Waals surface area contributed by atoms with Crippen LogP contribution >= 0.6 is 0 Å². The lowest BCUT2D eigenvalue weighted by Gasteiger charge is -2.08. The van der Waals surface area contributed by atoms with E-state index in [2.05, 4.69) is 33.4 Å². The summed E-state index contributed by atoms with van der Waals surface area (Å²) < 4.78 is 2.07. The van der Waals surface area contributed by atoms with Gasteiger partial charge in [-0.3, -0.25) is 4.40 Å². The van der Waals surface area contributed by atoms with Crippen LogP contribution in [0.15, 0.2) is 18.2 Å². The third kappa shape index (κ3) is 1.37. The minimum absolute atomic E-state index is 0.694. The maximum atomic E-state index is 6.01. The summed E-state index contributed by atoms with van der Waals surface area (Å²) in [4.78, 5) is 4.62. The van der Waals surface area contributed by atoms with Gasteiger partial charge in [0.1, 0.15) is 11.3 Å². The number of hydrogen-bond acceptors (Lipinski definition) is 4. The molecule has 0 fully saturated rings. The first-order chi connectivity index (χ1) is 8.76. The Kier molecular flexibility index (Phi) is 2.40. The van der Waals surface area contributed by atoms with Crippen molar-refractivity contribution >= 4 is 22.4 Å². The highest BCUT2D eigenvalue weighted by atomic mass is 15.3. The molecule has 2 N–H and O–H groups in total. The predicted molar refractivity (Wildman–Crippen MR) is 71.5 cm³/mol. The first-order valence-electron chi connectivity index (χ1n) is 6.17. The highest BCUT2D eigenvalue weighted by Gasteiger charge is 2.13. The number of aromatic nitrogens is 4. The molecule has 5 nitrogen and oxygen atoms in total. The molecule has 0 aliphatic heterocycles. The molecule has 0 aliphatic carbocycles. The van der Waals surface area contributed by atoms with E-state index < -0.39 is 0 Å². The average molecular weight is 241 g/mol. The molecule has 3 aromatic rings. The van der Waals surface area contributed by atoms with E-state index in [1.54, 1.807) is 0 Å². The van der Waals surface area contributed by atoms with Crippen LogP contribution in [-0.4, -0.2) is 19.6 Å². The molecule has 3 rings (SSSR count). The highest BCUT2D eigenvalue weighted by Crippen LogP contribution is 2.23. The zero-order valence-corrected chi connectivity index (χ0v) is 10.5. The average Bonchev–Trinajstić information content (AvgIpc) is 2.82. The molecular formula is C13H15N5. The van der Waals surface area contributed by atoms with Crippen LogP contribution in [0.4, 0.5) is 5.69 Å². The van der Waals surface area contributed by atoms with Crippen molar-refractivity contribution in [3.05, 3.63) is 29.7 Å². The Morgan fingerprint density at radius 2 is 2.00 bits per heavy atom. The third-order valence-corrected chi connectivity index (χ3v) is 3.17. The van der Waals surface area contributed by atoms with Gasteiger partial charge in [-0.2, -0.15) is 0 Å². The Morgan fingerprint density at radius 3 is 2.72 bits per heavy atom. The second-order valence-corrected chi connectivity index (χ2v) is 4.26. The number of para-hydroxylation sites is 1. The fourth-order valence-electron chi connectivity index (χ4n) is 2.26. The van der Waals surface area contributed by atoms with Crippen LogP contribution in [0.2, 0.25) is 0 Å². The summed E-state index contributed by atoms with van der Waals surface area (Å²) in [7, 11) is 0. The Labute approximate surface area is 105 Å². The van der Waals surface area contributed by atoms with Crippen molar-refractivity contribution in [1.29, 1.82) is 0 Å². The second-order valence-electron chi connectivity index (χ2n) is 4.26. The summed E-state index contributed by atoms with van der Waals surface area (Å²) in [5, 5.41) is 8.48. The van der Waals surface area contributed by atoms with Crippen molar-refractivity contribution in [2.75, 3.05) is 5.73 Å². The number of hydrogen-bond donors (Lipinski definition) is 1. The molecule has 0 amide bonds. The van der Waals surface area contributed by atoms with Gasteiger partial charge in [-0.05, 0) is 18.6 Å². The molecule has 0 unspecified atom stereocenters. The molecule has 18 heavy (non-hydrogen) atoms. The summed E-state index contributed by atoms with van der Waals surface area (Å²) in [5.74, 6) is 0.942. The Balaban J connectivity index is 2.57. The maximum Gasteiger partial charge on any atom is 0.183 e. The number of benzene rings is 1. The highest BCUT2D eigenvalue weighted by molar-refractivity contribution is 5.88. The minimum Gasteiger partial charge on any atom is -0.397 e. The molecular weight excluding hydrogens is 226 g/mol. The standard InChI is InChI=1S/C13H15N5/c1-3-9-13-17-16-11(4-2)18(13)10-7-5-6-8(14)12(10)15-9/h5-7H,3-4,14H2,1-2H3. The normalized spacial score (nSPS) is 11.4. The topological polar surface area (TPSA) is 69.1 Å². The van der Waals surface area contributed by atoms with E-state index >= 15 is 0 Å². The second kappa shape index (κ2) is 3.94. The van der Waals surface area contributed by atoms with E-state index in [0.717, 1.165) is 41.0 Å². The Hall–Kier alpha value is -2.17. The van der Waals surface area contributed by atoms with Crippen LogP contribution in [0, 0.1) is 0 Å². The van der Waals surface area contributed by atoms with E-state index in [0.29, 0.717) is 5.69 Å². The van der Waals surface area contributed by atoms with Gasteiger partial charge in [0, 0.05) is 6.42 Å². The largest absolute Gasteiger partial charge is 0.397 e. The van der Waals surface area contributed by atoms with Crippen molar-refractivity contribution < 1.29 is 0 Å². The lowest BCUT2D eigenvalue weighted by molar-refractivity contribution is 0.920. The minimum atomic E-state index is 0.694. The van der Waals surface area contributed by atoms with Gasteiger partial charge >= 0.3 is 0 Å².